The van der Waals surface area contributed by atoms with Gasteiger partial charge >= 0.3 is 5.97 Å². The van der Waals surface area contributed by atoms with Crippen LogP contribution in [-0.4, -0.2) is 24.7 Å². The number of nitrogens with two attached hydrogens (primary N) is 1. The molecule has 0 aliphatic heterocycles. The van der Waals surface area contributed by atoms with Crippen LogP contribution in [0.25, 0.3) is 0 Å². The Bertz CT molecular complexity index is 456. The number of ether oxygens (including phenoxy) is 1. The van der Waals surface area contributed by atoms with E-state index >= 15 is 0 Å². The summed E-state index contributed by atoms with van der Waals surface area (Å²) in [7, 11) is 1.90. The lowest BCUT2D eigenvalue weighted by Gasteiger charge is -2.21. The van der Waals surface area contributed by atoms with Gasteiger partial charge in [0, 0.05) is 11.7 Å². The number of anilines is 1. The van der Waals surface area contributed by atoms with Crippen LogP contribution < -0.4 is 11.1 Å². The first-order chi connectivity index (χ1) is 8.73. The quantitative estimate of drug-likeness (QED) is 0.663. The van der Waals surface area contributed by atoms with Crippen molar-refractivity contribution in [2.24, 2.45) is 0 Å². The number of rotatable bonds is 4. The fourth-order valence-electron chi connectivity index (χ4n) is 1.73. The molecule has 4 nitrogen and oxygen atoms in total. The largest absolute Gasteiger partial charge is 0.456 e. The Morgan fingerprint density at radius 2 is 2.00 bits per heavy atom. The Morgan fingerprint density at radius 1 is 1.40 bits per heavy atom. The molecule has 20 heavy (non-hydrogen) atoms. The number of esters is 1. The third-order valence-electron chi connectivity index (χ3n) is 2.77. The molecule has 0 aliphatic rings. The summed E-state index contributed by atoms with van der Waals surface area (Å²) in [5, 5.41) is 3.16. The van der Waals surface area contributed by atoms with Crippen LogP contribution in [0.15, 0.2) is 18.2 Å². The van der Waals surface area contributed by atoms with E-state index in [1.165, 1.54) is 0 Å². The van der Waals surface area contributed by atoms with E-state index in [4.69, 9.17) is 10.5 Å². The van der Waals surface area contributed by atoms with Gasteiger partial charge in [0.25, 0.3) is 0 Å². The van der Waals surface area contributed by atoms with Gasteiger partial charge in [-0.3, -0.25) is 0 Å². The summed E-state index contributed by atoms with van der Waals surface area (Å²) in [6.07, 6.45) is 0.755. The van der Waals surface area contributed by atoms with Crippen molar-refractivity contribution in [1.82, 2.24) is 5.32 Å². The number of nitrogen functional groups attached to an aromatic ring is 1. The normalized spacial score (nSPS) is 12.4. The number of hydrogen-bond acceptors (Lipinski definition) is 4. The third-order valence-corrected chi connectivity index (χ3v) is 2.77. The van der Waals surface area contributed by atoms with Gasteiger partial charge in [0.05, 0.1) is 5.56 Å². The molecule has 0 spiro atoms. The number of likely N-dealkylation sites (N-methyl/N-ethyl adjacent to an activating group) is 1. The molecule has 1 atom stereocenters. The first kappa shape index (κ1) is 18.7. The van der Waals surface area contributed by atoms with E-state index in [0.29, 0.717) is 11.3 Å². The maximum Gasteiger partial charge on any atom is 0.339 e. The Kier molecular flexibility index (Phi) is 7.03. The molecule has 1 aromatic rings. The second-order valence-electron chi connectivity index (χ2n) is 5.81. The fraction of sp³-hybridized carbons (Fsp3) is 0.533. The van der Waals surface area contributed by atoms with Crippen molar-refractivity contribution >= 4 is 24.1 Å². The van der Waals surface area contributed by atoms with Crippen LogP contribution in [0, 0.1) is 0 Å². The van der Waals surface area contributed by atoms with Gasteiger partial charge in [0.15, 0.2) is 0 Å². The summed E-state index contributed by atoms with van der Waals surface area (Å²) in [6.45, 7) is 7.63. The van der Waals surface area contributed by atoms with E-state index in [2.05, 4.69) is 12.2 Å². The second-order valence-corrected chi connectivity index (χ2v) is 5.81. The highest BCUT2D eigenvalue weighted by molar-refractivity contribution is 5.92. The smallest absolute Gasteiger partial charge is 0.339 e. The highest BCUT2D eigenvalue weighted by Gasteiger charge is 2.21. The second kappa shape index (κ2) is 7.50. The van der Waals surface area contributed by atoms with Crippen LogP contribution in [0.4, 0.5) is 5.69 Å². The predicted octanol–water partition coefficient (Wildman–Crippen LogP) is 2.80. The van der Waals surface area contributed by atoms with Crippen LogP contribution >= 0.6 is 12.4 Å². The lowest BCUT2D eigenvalue weighted by Crippen LogP contribution is -2.27. The van der Waals surface area contributed by atoms with Crippen LogP contribution in [-0.2, 0) is 11.2 Å². The minimum Gasteiger partial charge on any atom is -0.456 e. The number of hydrogen-bond donors (Lipinski definition) is 2. The molecule has 3 N–H and O–H groups in total. The van der Waals surface area contributed by atoms with Gasteiger partial charge < -0.3 is 15.8 Å². The van der Waals surface area contributed by atoms with Crippen molar-refractivity contribution in [3.05, 3.63) is 29.3 Å². The molecule has 0 fully saturated rings. The van der Waals surface area contributed by atoms with Crippen molar-refractivity contribution < 1.29 is 9.53 Å². The van der Waals surface area contributed by atoms with Crippen molar-refractivity contribution in [1.29, 1.82) is 0 Å². The highest BCUT2D eigenvalue weighted by atomic mass is 35.5. The van der Waals surface area contributed by atoms with E-state index in [1.807, 2.05) is 40.0 Å². The molecule has 0 saturated heterocycles. The lowest BCUT2D eigenvalue weighted by atomic mass is 10.00. The predicted molar refractivity (Wildman–Crippen MR) is 85.5 cm³/mol. The molecule has 1 unspecified atom stereocenters. The molecule has 5 heteroatoms. The van der Waals surface area contributed by atoms with Gasteiger partial charge in [-0.1, -0.05) is 6.07 Å². The van der Waals surface area contributed by atoms with Crippen LogP contribution in [0.2, 0.25) is 0 Å². The van der Waals surface area contributed by atoms with Gasteiger partial charge in [-0.15, -0.1) is 12.4 Å². The molecule has 1 aromatic carbocycles. The van der Waals surface area contributed by atoms with Gasteiger partial charge in [-0.05, 0) is 58.9 Å². The molecule has 0 radical (unpaired) electrons. The van der Waals surface area contributed by atoms with E-state index in [9.17, 15) is 4.79 Å². The van der Waals surface area contributed by atoms with Crippen molar-refractivity contribution in [3.8, 4) is 0 Å². The summed E-state index contributed by atoms with van der Waals surface area (Å²) >= 11 is 0. The number of halogens is 1. The summed E-state index contributed by atoms with van der Waals surface area (Å²) in [5.74, 6) is -0.321. The van der Waals surface area contributed by atoms with Gasteiger partial charge in [0.2, 0.25) is 0 Å². The maximum atomic E-state index is 12.2. The standard InChI is InChI=1S/C15H24N2O2.ClH/c1-10(17-5)8-11-6-7-12(16)9-13(11)14(18)19-15(2,3)4;/h6-7,9-10,17H,8,16H2,1-5H3;1H. The molecular weight excluding hydrogens is 276 g/mol. The van der Waals surface area contributed by atoms with E-state index in [1.54, 1.807) is 6.07 Å². The summed E-state index contributed by atoms with van der Waals surface area (Å²) in [4.78, 5) is 12.2. The average molecular weight is 301 g/mol. The first-order valence-corrected chi connectivity index (χ1v) is 6.52. The Hall–Kier alpha value is -1.26. The van der Waals surface area contributed by atoms with Crippen LogP contribution in [0.5, 0.6) is 0 Å². The Labute approximate surface area is 127 Å². The van der Waals surface area contributed by atoms with E-state index < -0.39 is 5.60 Å². The highest BCUT2D eigenvalue weighted by Crippen LogP contribution is 2.19. The SMILES string of the molecule is CNC(C)Cc1ccc(N)cc1C(=O)OC(C)(C)C.Cl. The first-order valence-electron chi connectivity index (χ1n) is 6.52. The summed E-state index contributed by atoms with van der Waals surface area (Å²) in [5.41, 5.74) is 7.34. The zero-order chi connectivity index (χ0) is 14.6. The average Bonchev–Trinajstić information content (AvgIpc) is 2.29. The monoisotopic (exact) mass is 300 g/mol. The topological polar surface area (TPSA) is 64.3 Å². The van der Waals surface area contributed by atoms with Gasteiger partial charge in [0.1, 0.15) is 5.60 Å². The molecule has 0 bridgehead atoms. The fourth-order valence-corrected chi connectivity index (χ4v) is 1.73. The Morgan fingerprint density at radius 3 is 2.50 bits per heavy atom. The molecule has 0 aliphatic carbocycles. The summed E-state index contributed by atoms with van der Waals surface area (Å²) < 4.78 is 5.42. The van der Waals surface area contributed by atoms with E-state index in [-0.39, 0.29) is 24.4 Å². The molecule has 114 valence electrons. The molecule has 0 saturated carbocycles. The molecule has 0 aromatic heterocycles. The molecule has 0 heterocycles. The minimum absolute atomic E-state index is 0. The Balaban J connectivity index is 0.00000361. The number of carbonyl (C=O) groups excluding carboxylic acids is 1. The van der Waals surface area contributed by atoms with Crippen molar-refractivity contribution in [3.63, 3.8) is 0 Å². The van der Waals surface area contributed by atoms with Crippen LogP contribution in [0.1, 0.15) is 43.6 Å². The number of carbonyl (C=O) groups is 1. The van der Waals surface area contributed by atoms with Gasteiger partial charge in [-0.25, -0.2) is 4.79 Å². The zero-order valence-corrected chi connectivity index (χ0v) is 13.6. The van der Waals surface area contributed by atoms with Gasteiger partial charge in [-0.2, -0.15) is 0 Å². The maximum absolute atomic E-state index is 12.2. The van der Waals surface area contributed by atoms with Crippen molar-refractivity contribution in [2.75, 3.05) is 12.8 Å². The lowest BCUT2D eigenvalue weighted by molar-refractivity contribution is 0.00683. The number of nitrogens with one attached hydrogen (secondary N) is 1. The number of benzene rings is 1. The third kappa shape index (κ3) is 5.80. The minimum atomic E-state index is -0.506. The van der Waals surface area contributed by atoms with Crippen molar-refractivity contribution in [2.45, 2.75) is 45.8 Å². The molecule has 0 amide bonds. The molecule has 1 rings (SSSR count). The summed E-state index contributed by atoms with van der Waals surface area (Å²) in [6, 6.07) is 5.67. The zero-order valence-electron chi connectivity index (χ0n) is 12.8. The molecular formula is C15H25ClN2O2. The van der Waals surface area contributed by atoms with E-state index in [0.717, 1.165) is 12.0 Å². The van der Waals surface area contributed by atoms with Crippen LogP contribution in [0.3, 0.4) is 0 Å².